The Balaban J connectivity index is 1.32. The Morgan fingerprint density at radius 2 is 1.58 bits per heavy atom. The first-order chi connectivity index (χ1) is 15.1. The molecule has 3 aromatic rings. The molecule has 5 heteroatoms. The largest absolute Gasteiger partial charge is 0.448 e. The highest BCUT2D eigenvalue weighted by atomic mass is 16.6. The zero-order chi connectivity index (χ0) is 21.4. The molecule has 0 aromatic heterocycles. The molecule has 1 heterocycles. The van der Waals surface area contributed by atoms with Gasteiger partial charge in [-0.2, -0.15) is 0 Å². The van der Waals surface area contributed by atoms with Crippen LogP contribution in [0.3, 0.4) is 0 Å². The summed E-state index contributed by atoms with van der Waals surface area (Å²) in [6.45, 7) is 2.13. The first-order valence-corrected chi connectivity index (χ1v) is 10.5. The number of esters is 1. The highest BCUT2D eigenvalue weighted by molar-refractivity contribution is 5.84. The van der Waals surface area contributed by atoms with E-state index in [2.05, 4.69) is 24.3 Å². The summed E-state index contributed by atoms with van der Waals surface area (Å²) in [5, 5.41) is 0. The number of benzene rings is 3. The van der Waals surface area contributed by atoms with Gasteiger partial charge in [0.15, 0.2) is 6.73 Å². The first kappa shape index (κ1) is 19.4. The van der Waals surface area contributed by atoms with Crippen LogP contribution in [0.25, 0.3) is 11.1 Å². The smallest absolute Gasteiger partial charge is 0.413 e. The molecule has 1 amide bonds. The predicted octanol–water partition coefficient (Wildman–Crippen LogP) is 4.67. The van der Waals surface area contributed by atoms with Gasteiger partial charge in [0.1, 0.15) is 12.6 Å². The number of hydrogen-bond acceptors (Lipinski definition) is 4. The summed E-state index contributed by atoms with van der Waals surface area (Å²) in [6, 6.07) is 23.6. The Morgan fingerprint density at radius 1 is 0.968 bits per heavy atom. The first-order valence-electron chi connectivity index (χ1n) is 10.5. The Kier molecular flexibility index (Phi) is 4.94. The fraction of sp³-hybridized carbons (Fsp3) is 0.231. The normalized spacial score (nSPS) is 17.3. The maximum atomic E-state index is 12.9. The van der Waals surface area contributed by atoms with E-state index in [1.54, 1.807) is 0 Å². The lowest BCUT2D eigenvalue weighted by Gasteiger charge is -2.22. The molecule has 1 atom stereocenters. The van der Waals surface area contributed by atoms with Crippen molar-refractivity contribution in [1.82, 2.24) is 4.90 Å². The standard InChI is InChI=1S/C26H23NO4/c1-17-8-2-3-9-18(17)14-24-25(28)31-16-27(24)26(29)30-15-23-21-12-6-4-10-19(21)20-11-5-7-13-22(20)23/h2-13,23-24H,14-16H2,1H3/t24-/m0/s1. The van der Waals surface area contributed by atoms with Gasteiger partial charge in [-0.1, -0.05) is 72.8 Å². The average molecular weight is 413 g/mol. The maximum Gasteiger partial charge on any atom is 0.413 e. The third-order valence-electron chi connectivity index (χ3n) is 6.24. The summed E-state index contributed by atoms with van der Waals surface area (Å²) in [5.74, 6) is -0.415. The third-order valence-corrected chi connectivity index (χ3v) is 6.24. The van der Waals surface area contributed by atoms with Crippen molar-refractivity contribution in [2.24, 2.45) is 0 Å². The van der Waals surface area contributed by atoms with E-state index < -0.39 is 18.1 Å². The van der Waals surface area contributed by atoms with Crippen molar-refractivity contribution in [1.29, 1.82) is 0 Å². The molecule has 3 aromatic carbocycles. The summed E-state index contributed by atoms with van der Waals surface area (Å²) in [7, 11) is 0. The van der Waals surface area contributed by atoms with Gasteiger partial charge in [-0.05, 0) is 40.3 Å². The number of amides is 1. The van der Waals surface area contributed by atoms with E-state index in [1.165, 1.54) is 16.0 Å². The fourth-order valence-electron chi connectivity index (χ4n) is 4.54. The summed E-state index contributed by atoms with van der Waals surface area (Å²) >= 11 is 0. The molecule has 0 bridgehead atoms. The molecule has 0 N–H and O–H groups in total. The van der Waals surface area contributed by atoms with Crippen molar-refractivity contribution in [3.63, 3.8) is 0 Å². The molecule has 2 aliphatic rings. The quantitative estimate of drug-likeness (QED) is 0.583. The summed E-state index contributed by atoms with van der Waals surface area (Å²) in [6.07, 6.45) is -0.110. The lowest BCUT2D eigenvalue weighted by Crippen LogP contribution is -2.40. The lowest BCUT2D eigenvalue weighted by atomic mass is 9.98. The van der Waals surface area contributed by atoms with Crippen LogP contribution >= 0.6 is 0 Å². The van der Waals surface area contributed by atoms with Crippen LogP contribution in [0, 0.1) is 6.92 Å². The van der Waals surface area contributed by atoms with Gasteiger partial charge in [-0.3, -0.25) is 4.90 Å². The molecule has 5 rings (SSSR count). The van der Waals surface area contributed by atoms with Gasteiger partial charge >= 0.3 is 12.1 Å². The van der Waals surface area contributed by atoms with Crippen LogP contribution in [-0.4, -0.2) is 36.3 Å². The molecule has 1 aliphatic heterocycles. The minimum atomic E-state index is -0.670. The van der Waals surface area contributed by atoms with Crippen LogP contribution in [0.2, 0.25) is 0 Å². The number of cyclic esters (lactones) is 1. The molecular formula is C26H23NO4. The van der Waals surface area contributed by atoms with Gasteiger partial charge < -0.3 is 9.47 Å². The minimum absolute atomic E-state index is 0.0228. The van der Waals surface area contributed by atoms with Gasteiger partial charge in [0.25, 0.3) is 0 Å². The van der Waals surface area contributed by atoms with Crippen LogP contribution in [-0.2, 0) is 20.7 Å². The highest BCUT2D eigenvalue weighted by Crippen LogP contribution is 2.44. The molecule has 5 nitrogen and oxygen atoms in total. The third kappa shape index (κ3) is 3.46. The highest BCUT2D eigenvalue weighted by Gasteiger charge is 2.39. The Bertz CT molecular complexity index is 1110. The molecule has 1 aliphatic carbocycles. The number of carbonyl (C=O) groups is 2. The van der Waals surface area contributed by atoms with Crippen molar-refractivity contribution in [3.05, 3.63) is 95.1 Å². The second-order valence-corrected chi connectivity index (χ2v) is 8.01. The Labute approximate surface area is 181 Å². The molecule has 0 saturated carbocycles. The van der Waals surface area contributed by atoms with Crippen LogP contribution < -0.4 is 0 Å². The van der Waals surface area contributed by atoms with Crippen LogP contribution in [0.1, 0.15) is 28.2 Å². The van der Waals surface area contributed by atoms with E-state index in [1.807, 2.05) is 55.5 Å². The topological polar surface area (TPSA) is 55.8 Å². The number of aryl methyl sites for hydroxylation is 1. The number of ether oxygens (including phenoxy) is 2. The van der Waals surface area contributed by atoms with Crippen LogP contribution in [0.15, 0.2) is 72.8 Å². The van der Waals surface area contributed by atoms with E-state index in [0.717, 1.165) is 22.3 Å². The summed E-state index contributed by atoms with van der Waals surface area (Å²) in [4.78, 5) is 26.6. The maximum absolute atomic E-state index is 12.9. The SMILES string of the molecule is Cc1ccccc1C[C@H]1C(=O)OCN1C(=O)OCC1c2ccccc2-c2ccccc21. The van der Waals surface area contributed by atoms with Crippen molar-refractivity contribution in [2.75, 3.05) is 13.3 Å². The monoisotopic (exact) mass is 413 g/mol. The summed E-state index contributed by atoms with van der Waals surface area (Å²) < 4.78 is 10.9. The summed E-state index contributed by atoms with van der Waals surface area (Å²) in [5.41, 5.74) is 6.76. The Morgan fingerprint density at radius 3 is 2.26 bits per heavy atom. The van der Waals surface area contributed by atoms with Gasteiger partial charge in [0.05, 0.1) is 0 Å². The molecule has 156 valence electrons. The van der Waals surface area contributed by atoms with Crippen LogP contribution in [0.5, 0.6) is 0 Å². The fourth-order valence-corrected chi connectivity index (χ4v) is 4.54. The van der Waals surface area contributed by atoms with Gasteiger partial charge in [-0.25, -0.2) is 9.59 Å². The number of rotatable bonds is 4. The van der Waals surface area contributed by atoms with E-state index in [0.29, 0.717) is 6.42 Å². The minimum Gasteiger partial charge on any atom is -0.448 e. The van der Waals surface area contributed by atoms with E-state index in [4.69, 9.17) is 9.47 Å². The number of fused-ring (bicyclic) bond motifs is 3. The van der Waals surface area contributed by atoms with Crippen LogP contribution in [0.4, 0.5) is 4.79 Å². The zero-order valence-electron chi connectivity index (χ0n) is 17.3. The van der Waals surface area contributed by atoms with E-state index >= 15 is 0 Å². The molecule has 1 saturated heterocycles. The predicted molar refractivity (Wildman–Crippen MR) is 117 cm³/mol. The van der Waals surface area contributed by atoms with Gasteiger partial charge in [0, 0.05) is 12.3 Å². The number of nitrogens with zero attached hydrogens (tertiary/aromatic N) is 1. The molecule has 31 heavy (non-hydrogen) atoms. The molecule has 0 spiro atoms. The second kappa shape index (κ2) is 7.91. The van der Waals surface area contributed by atoms with Crippen molar-refractivity contribution >= 4 is 12.1 Å². The van der Waals surface area contributed by atoms with Gasteiger partial charge in [0.2, 0.25) is 0 Å². The molecule has 0 unspecified atom stereocenters. The van der Waals surface area contributed by atoms with Crippen molar-refractivity contribution < 1.29 is 19.1 Å². The lowest BCUT2D eigenvalue weighted by molar-refractivity contribution is -0.139. The molecule has 0 radical (unpaired) electrons. The number of carbonyl (C=O) groups excluding carboxylic acids is 2. The zero-order valence-corrected chi connectivity index (χ0v) is 17.3. The van der Waals surface area contributed by atoms with Crippen molar-refractivity contribution in [3.8, 4) is 11.1 Å². The molecule has 1 fully saturated rings. The van der Waals surface area contributed by atoms with E-state index in [9.17, 15) is 9.59 Å². The average Bonchev–Trinajstić information content (AvgIpc) is 3.32. The number of hydrogen-bond donors (Lipinski definition) is 0. The van der Waals surface area contributed by atoms with Gasteiger partial charge in [-0.15, -0.1) is 0 Å². The van der Waals surface area contributed by atoms with Crippen molar-refractivity contribution in [2.45, 2.75) is 25.3 Å². The van der Waals surface area contributed by atoms with E-state index in [-0.39, 0.29) is 19.3 Å². The Hall–Kier alpha value is -3.60. The molecular weight excluding hydrogens is 390 g/mol. The second-order valence-electron chi connectivity index (χ2n) is 8.01.